The number of hydrogen-bond donors (Lipinski definition) is 2. The van der Waals surface area contributed by atoms with Crippen LogP contribution in [0.15, 0.2) is 58.6 Å². The number of imidazole rings is 1. The lowest BCUT2D eigenvalue weighted by Gasteiger charge is -2.24. The maximum Gasteiger partial charge on any atom is 0.296 e. The third kappa shape index (κ3) is 2.94. The van der Waals surface area contributed by atoms with Crippen molar-refractivity contribution in [2.24, 2.45) is 0 Å². The van der Waals surface area contributed by atoms with Crippen molar-refractivity contribution in [3.63, 3.8) is 0 Å². The molecule has 4 heterocycles. The van der Waals surface area contributed by atoms with Crippen LogP contribution in [0.2, 0.25) is 0 Å². The molecule has 32 heavy (non-hydrogen) atoms. The van der Waals surface area contributed by atoms with Crippen LogP contribution in [0.1, 0.15) is 27.9 Å². The Morgan fingerprint density at radius 2 is 2.00 bits per heavy atom. The van der Waals surface area contributed by atoms with Crippen molar-refractivity contribution in [3.05, 3.63) is 82.9 Å². The summed E-state index contributed by atoms with van der Waals surface area (Å²) in [5, 5.41) is 10.6. The first-order valence-electron chi connectivity index (χ1n) is 9.34. The Morgan fingerprint density at radius 3 is 2.72 bits per heavy atom. The van der Waals surface area contributed by atoms with Gasteiger partial charge in [0.2, 0.25) is 11.7 Å². The fourth-order valence-corrected chi connectivity index (χ4v) is 3.58. The average Bonchev–Trinajstić information content (AvgIpc) is 3.48. The lowest BCUT2D eigenvalue weighted by atomic mass is 9.95. The number of aliphatic hydroxyl groups is 1. The molecule has 1 aliphatic heterocycles. The molecule has 0 aliphatic carbocycles. The largest absolute Gasteiger partial charge is 0.503 e. The number of Topliss-reactive ketones (excluding diaryl/α,β-unsaturated/α-hetero) is 1. The highest BCUT2D eigenvalue weighted by molar-refractivity contribution is 6.19. The number of carbonyl (C=O) groups excluding carboxylic acids is 2. The molecule has 0 saturated heterocycles. The molecule has 4 aromatic rings. The quantitative estimate of drug-likeness (QED) is 0.469. The molecule has 0 radical (unpaired) electrons. The number of nitrogens with one attached hydrogen (secondary N) is 1. The second kappa shape index (κ2) is 7.08. The molecule has 5 rings (SSSR count). The Balaban J connectivity index is 1.70. The Bertz CT molecular complexity index is 1440. The molecule has 1 amide bonds. The first-order chi connectivity index (χ1) is 15.3. The minimum Gasteiger partial charge on any atom is -0.503 e. The van der Waals surface area contributed by atoms with Gasteiger partial charge >= 0.3 is 0 Å². The summed E-state index contributed by atoms with van der Waals surface area (Å²) < 4.78 is 33.0. The predicted octanol–water partition coefficient (Wildman–Crippen LogP) is 3.32. The summed E-state index contributed by atoms with van der Waals surface area (Å²) in [6.45, 7) is 1.62. The van der Waals surface area contributed by atoms with Crippen LogP contribution in [0.25, 0.3) is 11.2 Å². The van der Waals surface area contributed by atoms with Gasteiger partial charge in [0.1, 0.15) is 11.3 Å². The number of aromatic nitrogens is 4. The lowest BCUT2D eigenvalue weighted by Crippen LogP contribution is -2.32. The number of amides is 1. The van der Waals surface area contributed by atoms with Gasteiger partial charge in [-0.3, -0.25) is 14.5 Å². The van der Waals surface area contributed by atoms with E-state index in [0.29, 0.717) is 16.9 Å². The van der Waals surface area contributed by atoms with E-state index in [1.807, 2.05) is 0 Å². The number of benzene rings is 1. The molecule has 2 N–H and O–H groups in total. The Morgan fingerprint density at radius 1 is 1.19 bits per heavy atom. The van der Waals surface area contributed by atoms with E-state index < -0.39 is 35.1 Å². The Hall–Kier alpha value is -4.41. The number of fused-ring (bicyclic) bond motifs is 1. The summed E-state index contributed by atoms with van der Waals surface area (Å²) in [5.41, 5.74) is 0.377. The lowest BCUT2D eigenvalue weighted by molar-refractivity contribution is -0.117. The fourth-order valence-electron chi connectivity index (χ4n) is 3.58. The molecule has 0 bridgehead atoms. The Labute approximate surface area is 178 Å². The summed E-state index contributed by atoms with van der Waals surface area (Å²) in [4.78, 5) is 42.3. The summed E-state index contributed by atoms with van der Waals surface area (Å²) in [5.74, 6) is -4.80. The highest BCUT2D eigenvalue weighted by atomic mass is 19.2. The number of carbonyl (C=O) groups is 2. The van der Waals surface area contributed by atoms with Gasteiger partial charge in [-0.1, -0.05) is 6.07 Å². The Kier molecular flexibility index (Phi) is 4.33. The monoisotopic (exact) mass is 437 g/mol. The standard InChI is InChI=1S/C21H13F2N5O4/c1-9-2-5-14(32-9)17(29)15-16(10-3-4-11(22)12(23)6-10)28(20(31)18(15)30)21-24-7-13-19(27-21)26-8-25-13/h2-8,16,30H,1H3,(H,24,25,26,27). The van der Waals surface area contributed by atoms with Crippen molar-refractivity contribution in [1.29, 1.82) is 0 Å². The molecule has 1 aliphatic rings. The van der Waals surface area contributed by atoms with Crippen LogP contribution in [0.3, 0.4) is 0 Å². The van der Waals surface area contributed by atoms with Gasteiger partial charge in [0.15, 0.2) is 28.8 Å². The maximum atomic E-state index is 14.1. The zero-order chi connectivity index (χ0) is 22.6. The van der Waals surface area contributed by atoms with Crippen molar-refractivity contribution < 1.29 is 27.9 Å². The van der Waals surface area contributed by atoms with Crippen LogP contribution in [-0.4, -0.2) is 36.7 Å². The molecule has 160 valence electrons. The molecular weight excluding hydrogens is 424 g/mol. The van der Waals surface area contributed by atoms with Crippen LogP contribution in [0.5, 0.6) is 0 Å². The van der Waals surface area contributed by atoms with Crippen LogP contribution in [0.4, 0.5) is 14.7 Å². The first-order valence-corrected chi connectivity index (χ1v) is 9.34. The zero-order valence-corrected chi connectivity index (χ0v) is 16.3. The minimum atomic E-state index is -1.34. The first kappa shape index (κ1) is 19.5. The topological polar surface area (TPSA) is 125 Å². The van der Waals surface area contributed by atoms with Gasteiger partial charge in [-0.05, 0) is 36.8 Å². The van der Waals surface area contributed by atoms with Gasteiger partial charge in [0.25, 0.3) is 5.91 Å². The summed E-state index contributed by atoms with van der Waals surface area (Å²) in [6.07, 6.45) is 2.72. The number of aryl methyl sites for hydroxylation is 1. The van der Waals surface area contributed by atoms with E-state index in [4.69, 9.17) is 4.42 Å². The van der Waals surface area contributed by atoms with Gasteiger partial charge in [0.05, 0.1) is 24.1 Å². The van der Waals surface area contributed by atoms with Crippen LogP contribution in [0, 0.1) is 18.6 Å². The third-order valence-electron chi connectivity index (χ3n) is 5.05. The number of nitrogens with zero attached hydrogens (tertiary/aromatic N) is 4. The molecule has 0 saturated carbocycles. The van der Waals surface area contributed by atoms with Crippen molar-refractivity contribution in [2.75, 3.05) is 4.90 Å². The molecule has 0 spiro atoms. The van der Waals surface area contributed by atoms with E-state index in [1.165, 1.54) is 24.7 Å². The van der Waals surface area contributed by atoms with Gasteiger partial charge in [-0.15, -0.1) is 0 Å². The van der Waals surface area contributed by atoms with E-state index >= 15 is 0 Å². The van der Waals surface area contributed by atoms with E-state index in [0.717, 1.165) is 17.0 Å². The van der Waals surface area contributed by atoms with Crippen molar-refractivity contribution in [1.82, 2.24) is 19.9 Å². The zero-order valence-electron chi connectivity index (χ0n) is 16.3. The summed E-state index contributed by atoms with van der Waals surface area (Å²) >= 11 is 0. The number of aliphatic hydroxyl groups excluding tert-OH is 1. The average molecular weight is 437 g/mol. The molecular formula is C21H13F2N5O4. The number of aromatic amines is 1. The molecule has 3 aromatic heterocycles. The van der Waals surface area contributed by atoms with Crippen LogP contribution in [-0.2, 0) is 4.79 Å². The molecule has 1 unspecified atom stereocenters. The van der Waals surface area contributed by atoms with Crippen LogP contribution >= 0.6 is 0 Å². The van der Waals surface area contributed by atoms with Gasteiger partial charge < -0.3 is 14.5 Å². The highest BCUT2D eigenvalue weighted by Gasteiger charge is 2.46. The van der Waals surface area contributed by atoms with E-state index in [9.17, 15) is 23.5 Å². The van der Waals surface area contributed by atoms with E-state index in [2.05, 4.69) is 19.9 Å². The second-order valence-corrected chi connectivity index (χ2v) is 7.06. The molecule has 0 fully saturated rings. The van der Waals surface area contributed by atoms with Gasteiger partial charge in [0, 0.05) is 0 Å². The van der Waals surface area contributed by atoms with E-state index in [-0.39, 0.29) is 22.8 Å². The minimum absolute atomic E-state index is 0.0289. The summed E-state index contributed by atoms with van der Waals surface area (Å²) in [7, 11) is 0. The maximum absolute atomic E-state index is 14.1. The SMILES string of the molecule is Cc1ccc(C(=O)C2=C(O)C(=O)N(c3ncc4nc[nH]c4n3)C2c2ccc(F)c(F)c2)o1. The number of ketones is 1. The smallest absolute Gasteiger partial charge is 0.296 e. The van der Waals surface area contributed by atoms with Gasteiger partial charge in [-0.25, -0.2) is 18.7 Å². The number of halogens is 2. The fraction of sp³-hybridized carbons (Fsp3) is 0.0952. The van der Waals surface area contributed by atoms with Crippen molar-refractivity contribution in [2.45, 2.75) is 13.0 Å². The van der Waals surface area contributed by atoms with Gasteiger partial charge in [-0.2, -0.15) is 4.98 Å². The third-order valence-corrected chi connectivity index (χ3v) is 5.05. The molecule has 11 heteroatoms. The normalized spacial score (nSPS) is 16.4. The van der Waals surface area contributed by atoms with Crippen molar-refractivity contribution >= 4 is 28.8 Å². The summed E-state index contributed by atoms with van der Waals surface area (Å²) in [6, 6.07) is 4.50. The molecule has 9 nitrogen and oxygen atoms in total. The van der Waals surface area contributed by atoms with Crippen LogP contribution < -0.4 is 4.90 Å². The molecule has 1 aromatic carbocycles. The second-order valence-electron chi connectivity index (χ2n) is 7.06. The van der Waals surface area contributed by atoms with Crippen molar-refractivity contribution in [3.8, 4) is 0 Å². The van der Waals surface area contributed by atoms with E-state index in [1.54, 1.807) is 13.0 Å². The number of furan rings is 1. The predicted molar refractivity (Wildman–Crippen MR) is 106 cm³/mol. The molecule has 1 atom stereocenters. The number of anilines is 1. The number of H-pyrrole nitrogens is 1. The number of hydrogen-bond acceptors (Lipinski definition) is 7. The highest BCUT2D eigenvalue weighted by Crippen LogP contribution is 2.41. The number of rotatable bonds is 4.